The fourth-order valence-electron chi connectivity index (χ4n) is 2.44. The van der Waals surface area contributed by atoms with E-state index >= 15 is 0 Å². The lowest BCUT2D eigenvalue weighted by Crippen LogP contribution is -2.17. The van der Waals surface area contributed by atoms with Crippen LogP contribution in [0.15, 0.2) is 67.1 Å². The van der Waals surface area contributed by atoms with Crippen molar-refractivity contribution in [1.82, 2.24) is 15.3 Å². The Balaban J connectivity index is 1.63. The summed E-state index contributed by atoms with van der Waals surface area (Å²) in [4.78, 5) is 7.15. The number of hydrogen-bond acceptors (Lipinski definition) is 2. The number of aromatic amines is 1. The molecule has 0 unspecified atom stereocenters. The van der Waals surface area contributed by atoms with Crippen LogP contribution in [0.2, 0.25) is 0 Å². The second-order valence-electron chi connectivity index (χ2n) is 5.03. The minimum Gasteiger partial charge on any atom is -0.348 e. The molecule has 106 valence electrons. The molecular formula is C18H19N3. The zero-order valence-electron chi connectivity index (χ0n) is 11.9. The maximum Gasteiger partial charge on any atom is 0.0921 e. The van der Waals surface area contributed by atoms with E-state index in [0.717, 1.165) is 19.5 Å². The van der Waals surface area contributed by atoms with Gasteiger partial charge in [0, 0.05) is 31.4 Å². The second-order valence-corrected chi connectivity index (χ2v) is 5.03. The first-order valence-corrected chi connectivity index (χ1v) is 7.25. The van der Waals surface area contributed by atoms with E-state index in [4.69, 9.17) is 0 Å². The molecular weight excluding hydrogens is 258 g/mol. The molecule has 0 saturated heterocycles. The molecule has 1 heterocycles. The second kappa shape index (κ2) is 6.86. The van der Waals surface area contributed by atoms with Crippen molar-refractivity contribution < 1.29 is 0 Å². The highest BCUT2D eigenvalue weighted by atomic mass is 14.9. The van der Waals surface area contributed by atoms with Crippen LogP contribution in [0.1, 0.15) is 11.3 Å². The average molecular weight is 277 g/mol. The van der Waals surface area contributed by atoms with Crippen molar-refractivity contribution in [1.29, 1.82) is 0 Å². The van der Waals surface area contributed by atoms with E-state index in [-0.39, 0.29) is 0 Å². The van der Waals surface area contributed by atoms with Crippen LogP contribution in [-0.2, 0) is 13.0 Å². The Kier molecular flexibility index (Phi) is 4.44. The third kappa shape index (κ3) is 3.58. The van der Waals surface area contributed by atoms with E-state index in [0.29, 0.717) is 0 Å². The van der Waals surface area contributed by atoms with Gasteiger partial charge < -0.3 is 10.3 Å². The molecule has 0 radical (unpaired) electrons. The Morgan fingerprint density at radius 1 is 0.952 bits per heavy atom. The van der Waals surface area contributed by atoms with Crippen molar-refractivity contribution in [2.75, 3.05) is 6.54 Å². The molecule has 1 aromatic heterocycles. The summed E-state index contributed by atoms with van der Waals surface area (Å²) >= 11 is 0. The summed E-state index contributed by atoms with van der Waals surface area (Å²) in [6.45, 7) is 1.81. The highest BCUT2D eigenvalue weighted by Crippen LogP contribution is 2.23. The summed E-state index contributed by atoms with van der Waals surface area (Å²) in [5.41, 5.74) is 5.06. The summed E-state index contributed by atoms with van der Waals surface area (Å²) in [5.74, 6) is 0. The van der Waals surface area contributed by atoms with Crippen LogP contribution in [0.25, 0.3) is 11.1 Å². The number of benzene rings is 2. The maximum absolute atomic E-state index is 4.03. The van der Waals surface area contributed by atoms with E-state index in [1.54, 1.807) is 6.33 Å². The summed E-state index contributed by atoms with van der Waals surface area (Å²) in [7, 11) is 0. The fraction of sp³-hybridized carbons (Fsp3) is 0.167. The van der Waals surface area contributed by atoms with E-state index < -0.39 is 0 Å². The molecule has 0 bridgehead atoms. The van der Waals surface area contributed by atoms with Crippen LogP contribution >= 0.6 is 0 Å². The molecule has 0 amide bonds. The molecule has 0 aliphatic carbocycles. The first kappa shape index (κ1) is 13.6. The van der Waals surface area contributed by atoms with Gasteiger partial charge in [-0.05, 0) is 16.7 Å². The molecule has 0 atom stereocenters. The van der Waals surface area contributed by atoms with Crippen molar-refractivity contribution in [2.24, 2.45) is 0 Å². The molecule has 21 heavy (non-hydrogen) atoms. The molecule has 0 spiro atoms. The number of H-pyrrole nitrogens is 1. The zero-order valence-corrected chi connectivity index (χ0v) is 11.9. The quantitative estimate of drug-likeness (QED) is 0.678. The monoisotopic (exact) mass is 277 g/mol. The van der Waals surface area contributed by atoms with Gasteiger partial charge in [-0.3, -0.25) is 0 Å². The molecule has 3 nitrogen and oxygen atoms in total. The van der Waals surface area contributed by atoms with Crippen molar-refractivity contribution in [3.05, 3.63) is 78.4 Å². The smallest absolute Gasteiger partial charge is 0.0921 e. The topological polar surface area (TPSA) is 40.7 Å². The average Bonchev–Trinajstić information content (AvgIpc) is 3.06. The lowest BCUT2D eigenvalue weighted by Gasteiger charge is -2.10. The van der Waals surface area contributed by atoms with Gasteiger partial charge in [0.1, 0.15) is 0 Å². The molecule has 3 aromatic rings. The molecule has 0 aliphatic heterocycles. The van der Waals surface area contributed by atoms with Crippen molar-refractivity contribution in [3.63, 3.8) is 0 Å². The van der Waals surface area contributed by atoms with Crippen LogP contribution in [-0.4, -0.2) is 16.5 Å². The maximum atomic E-state index is 4.03. The van der Waals surface area contributed by atoms with Crippen LogP contribution < -0.4 is 5.32 Å². The number of hydrogen-bond donors (Lipinski definition) is 2. The fourth-order valence-corrected chi connectivity index (χ4v) is 2.44. The summed E-state index contributed by atoms with van der Waals surface area (Å²) < 4.78 is 0. The predicted molar refractivity (Wildman–Crippen MR) is 85.9 cm³/mol. The van der Waals surface area contributed by atoms with Gasteiger partial charge in [0.25, 0.3) is 0 Å². The summed E-state index contributed by atoms with van der Waals surface area (Å²) in [5, 5.41) is 3.50. The first-order chi connectivity index (χ1) is 10.4. The first-order valence-electron chi connectivity index (χ1n) is 7.25. The minimum absolute atomic E-state index is 0.874. The van der Waals surface area contributed by atoms with Gasteiger partial charge in [-0.15, -0.1) is 0 Å². The van der Waals surface area contributed by atoms with E-state index in [2.05, 4.69) is 69.9 Å². The van der Waals surface area contributed by atoms with Gasteiger partial charge in [0.05, 0.1) is 6.33 Å². The van der Waals surface area contributed by atoms with Crippen LogP contribution in [0.5, 0.6) is 0 Å². The van der Waals surface area contributed by atoms with Crippen molar-refractivity contribution in [3.8, 4) is 11.1 Å². The molecule has 2 N–H and O–H groups in total. The van der Waals surface area contributed by atoms with Crippen LogP contribution in [0.4, 0.5) is 0 Å². The van der Waals surface area contributed by atoms with Gasteiger partial charge in [-0.1, -0.05) is 54.6 Å². The van der Waals surface area contributed by atoms with Gasteiger partial charge in [0.2, 0.25) is 0 Å². The Morgan fingerprint density at radius 2 is 1.76 bits per heavy atom. The molecule has 3 heteroatoms. The van der Waals surface area contributed by atoms with Crippen LogP contribution in [0.3, 0.4) is 0 Å². The van der Waals surface area contributed by atoms with E-state index in [9.17, 15) is 0 Å². The lowest BCUT2D eigenvalue weighted by molar-refractivity contribution is 0.682. The third-order valence-corrected chi connectivity index (χ3v) is 3.54. The van der Waals surface area contributed by atoms with Gasteiger partial charge in [-0.2, -0.15) is 0 Å². The molecule has 2 aromatic carbocycles. The number of rotatable bonds is 6. The van der Waals surface area contributed by atoms with Crippen LogP contribution in [0, 0.1) is 0 Å². The Morgan fingerprint density at radius 3 is 2.57 bits per heavy atom. The predicted octanol–water partition coefficient (Wildman–Crippen LogP) is 3.41. The summed E-state index contributed by atoms with van der Waals surface area (Å²) in [6, 6.07) is 19.1. The standard InChI is InChI=1S/C18H19N3/c1-2-6-15(7-3-1)18-9-5-4-8-16(18)12-19-11-10-17-13-20-14-21-17/h1-9,13-14,19H,10-12H2,(H,20,21). The van der Waals surface area contributed by atoms with E-state index in [1.165, 1.54) is 22.4 Å². The highest BCUT2D eigenvalue weighted by molar-refractivity contribution is 5.67. The third-order valence-electron chi connectivity index (χ3n) is 3.54. The Labute approximate surface area is 125 Å². The van der Waals surface area contributed by atoms with Gasteiger partial charge in [-0.25, -0.2) is 4.98 Å². The number of nitrogens with zero attached hydrogens (tertiary/aromatic N) is 1. The summed E-state index contributed by atoms with van der Waals surface area (Å²) in [6.07, 6.45) is 4.56. The Bertz CT molecular complexity index is 660. The van der Waals surface area contributed by atoms with Crippen molar-refractivity contribution >= 4 is 0 Å². The van der Waals surface area contributed by atoms with Gasteiger partial charge in [0.15, 0.2) is 0 Å². The Hall–Kier alpha value is -2.39. The number of aromatic nitrogens is 2. The number of imidazole rings is 1. The molecule has 0 saturated carbocycles. The van der Waals surface area contributed by atoms with Gasteiger partial charge >= 0.3 is 0 Å². The molecule has 0 aliphatic rings. The number of nitrogens with one attached hydrogen (secondary N) is 2. The zero-order chi connectivity index (χ0) is 14.3. The van der Waals surface area contributed by atoms with E-state index in [1.807, 2.05) is 6.20 Å². The largest absolute Gasteiger partial charge is 0.348 e. The lowest BCUT2D eigenvalue weighted by atomic mass is 10.00. The molecule has 0 fully saturated rings. The molecule has 3 rings (SSSR count). The minimum atomic E-state index is 0.874. The SMILES string of the molecule is c1ccc(-c2ccccc2CNCCc2cnc[nH]2)cc1. The normalized spacial score (nSPS) is 10.7. The van der Waals surface area contributed by atoms with Crippen molar-refractivity contribution in [2.45, 2.75) is 13.0 Å². The highest BCUT2D eigenvalue weighted by Gasteiger charge is 2.03.